The maximum absolute atomic E-state index is 12.6. The van der Waals surface area contributed by atoms with E-state index in [1.165, 1.54) is 31.4 Å². The van der Waals surface area contributed by atoms with Gasteiger partial charge in [0.15, 0.2) is 0 Å². The normalized spacial score (nSPS) is 15.2. The standard InChI is InChI=1S/C31H38O9/c1-22(19-31(35)36-4)39-29(33)18-16-28(38-21-26-13-9-6-10-14-26)24(3)40-30(34)17-15-27(23(2)32)37-20-25-11-7-5-8-12-25/h5-18,22-24,27-28,32H,19-21H2,1-4H3/b17-15+,18-16+/t22-,23+,24+,27-,28-/m1/s1. The van der Waals surface area contributed by atoms with Crippen molar-refractivity contribution in [3.8, 4) is 0 Å². The molecule has 0 radical (unpaired) electrons. The number of esters is 3. The predicted molar refractivity (Wildman–Crippen MR) is 148 cm³/mol. The minimum atomic E-state index is -0.859. The molecular weight excluding hydrogens is 516 g/mol. The number of benzene rings is 2. The lowest BCUT2D eigenvalue weighted by Gasteiger charge is -2.22. The van der Waals surface area contributed by atoms with Gasteiger partial charge in [0, 0.05) is 12.2 Å². The van der Waals surface area contributed by atoms with Crippen LogP contribution in [0.25, 0.3) is 0 Å². The average molecular weight is 555 g/mol. The van der Waals surface area contributed by atoms with E-state index in [2.05, 4.69) is 4.74 Å². The molecule has 0 aliphatic rings. The third-order valence-corrected chi connectivity index (χ3v) is 5.65. The van der Waals surface area contributed by atoms with Gasteiger partial charge in [0.25, 0.3) is 0 Å². The second kappa shape index (κ2) is 17.7. The zero-order valence-electron chi connectivity index (χ0n) is 23.3. The number of methoxy groups -OCH3 is 1. The van der Waals surface area contributed by atoms with Crippen molar-refractivity contribution in [2.45, 2.75) is 70.9 Å². The third-order valence-electron chi connectivity index (χ3n) is 5.65. The van der Waals surface area contributed by atoms with Crippen LogP contribution < -0.4 is 0 Å². The molecule has 0 heterocycles. The van der Waals surface area contributed by atoms with Crippen LogP contribution in [0.15, 0.2) is 85.0 Å². The lowest BCUT2D eigenvalue weighted by Crippen LogP contribution is -2.30. The molecule has 0 fully saturated rings. The highest BCUT2D eigenvalue weighted by atomic mass is 16.6. The van der Waals surface area contributed by atoms with E-state index >= 15 is 0 Å². The number of aliphatic hydroxyl groups is 1. The van der Waals surface area contributed by atoms with Gasteiger partial charge in [-0.15, -0.1) is 0 Å². The molecule has 0 unspecified atom stereocenters. The molecule has 0 saturated carbocycles. The summed E-state index contributed by atoms with van der Waals surface area (Å²) in [7, 11) is 1.26. The monoisotopic (exact) mass is 554 g/mol. The van der Waals surface area contributed by atoms with E-state index < -0.39 is 48.4 Å². The van der Waals surface area contributed by atoms with E-state index in [0.717, 1.165) is 11.1 Å². The van der Waals surface area contributed by atoms with Crippen LogP contribution in [0.2, 0.25) is 0 Å². The Balaban J connectivity index is 2.01. The summed E-state index contributed by atoms with van der Waals surface area (Å²) in [5, 5.41) is 10.1. The van der Waals surface area contributed by atoms with E-state index in [0.29, 0.717) is 0 Å². The molecule has 9 heteroatoms. The summed E-state index contributed by atoms with van der Waals surface area (Å²) in [5.74, 6) is -1.85. The lowest BCUT2D eigenvalue weighted by atomic mass is 10.2. The molecule has 0 spiro atoms. The highest BCUT2D eigenvalue weighted by Gasteiger charge is 2.21. The van der Waals surface area contributed by atoms with Gasteiger partial charge in [-0.3, -0.25) is 4.79 Å². The molecule has 9 nitrogen and oxygen atoms in total. The van der Waals surface area contributed by atoms with Crippen LogP contribution in [0, 0.1) is 0 Å². The Kier molecular flexibility index (Phi) is 14.4. The summed E-state index contributed by atoms with van der Waals surface area (Å²) < 4.78 is 27.0. The molecule has 0 aromatic heterocycles. The number of hydrogen-bond donors (Lipinski definition) is 1. The number of aliphatic hydroxyl groups excluding tert-OH is 1. The van der Waals surface area contributed by atoms with E-state index in [9.17, 15) is 19.5 Å². The molecular formula is C31H38O9. The van der Waals surface area contributed by atoms with Crippen LogP contribution in [-0.4, -0.2) is 60.6 Å². The van der Waals surface area contributed by atoms with Crippen LogP contribution in [0.5, 0.6) is 0 Å². The van der Waals surface area contributed by atoms with Gasteiger partial charge in [0.05, 0.1) is 32.8 Å². The first-order valence-electron chi connectivity index (χ1n) is 13.0. The molecule has 0 bridgehead atoms. The zero-order chi connectivity index (χ0) is 29.3. The first-order chi connectivity index (χ1) is 19.2. The fourth-order valence-electron chi connectivity index (χ4n) is 3.47. The summed E-state index contributed by atoms with van der Waals surface area (Å²) in [6.07, 6.45) is 1.34. The number of ether oxygens (including phenoxy) is 5. The maximum Gasteiger partial charge on any atom is 0.330 e. The summed E-state index contributed by atoms with van der Waals surface area (Å²) >= 11 is 0. The Bertz CT molecular complexity index is 1100. The van der Waals surface area contributed by atoms with E-state index in [1.54, 1.807) is 20.8 Å². The molecule has 0 aliphatic heterocycles. The molecule has 5 atom stereocenters. The summed E-state index contributed by atoms with van der Waals surface area (Å²) in [5.41, 5.74) is 1.82. The van der Waals surface area contributed by atoms with Gasteiger partial charge >= 0.3 is 17.9 Å². The predicted octanol–water partition coefficient (Wildman–Crippen LogP) is 4.08. The number of rotatable bonds is 16. The first-order valence-corrected chi connectivity index (χ1v) is 13.0. The largest absolute Gasteiger partial charge is 0.469 e. The van der Waals surface area contributed by atoms with E-state index in [4.69, 9.17) is 18.9 Å². The topological polar surface area (TPSA) is 118 Å². The molecule has 2 rings (SSSR count). The van der Waals surface area contributed by atoms with E-state index in [1.807, 2.05) is 60.7 Å². The highest BCUT2D eigenvalue weighted by molar-refractivity contribution is 5.83. The minimum Gasteiger partial charge on any atom is -0.469 e. The lowest BCUT2D eigenvalue weighted by molar-refractivity contribution is -0.149. The quantitative estimate of drug-likeness (QED) is 0.186. The molecule has 0 aliphatic carbocycles. The van der Waals surface area contributed by atoms with Crippen LogP contribution in [0.3, 0.4) is 0 Å². The van der Waals surface area contributed by atoms with Crippen LogP contribution in [0.4, 0.5) is 0 Å². The van der Waals surface area contributed by atoms with Gasteiger partial charge < -0.3 is 28.8 Å². The number of carbonyl (C=O) groups excluding carboxylic acids is 3. The first kappa shape index (κ1) is 32.4. The second-order valence-corrected chi connectivity index (χ2v) is 9.15. The zero-order valence-corrected chi connectivity index (χ0v) is 23.3. The summed E-state index contributed by atoms with van der Waals surface area (Å²) in [6, 6.07) is 18.9. The highest BCUT2D eigenvalue weighted by Crippen LogP contribution is 2.13. The van der Waals surface area contributed by atoms with Crippen LogP contribution in [-0.2, 0) is 51.3 Å². The number of hydrogen-bond acceptors (Lipinski definition) is 9. The molecule has 0 amide bonds. The van der Waals surface area contributed by atoms with Gasteiger partial charge in [-0.2, -0.15) is 0 Å². The fourth-order valence-corrected chi connectivity index (χ4v) is 3.47. The van der Waals surface area contributed by atoms with Crippen LogP contribution >= 0.6 is 0 Å². The van der Waals surface area contributed by atoms with Gasteiger partial charge in [0.2, 0.25) is 0 Å². The molecule has 2 aromatic carbocycles. The SMILES string of the molecule is COC(=O)C[C@@H](C)OC(=O)/C=C/[C@@H](OCc1ccccc1)[C@H](C)OC(=O)/C=C/[C@@H](OCc1ccccc1)[C@H](C)O. The van der Waals surface area contributed by atoms with Crippen molar-refractivity contribution in [3.63, 3.8) is 0 Å². The summed E-state index contributed by atoms with van der Waals surface area (Å²) in [6.45, 7) is 5.25. The van der Waals surface area contributed by atoms with Gasteiger partial charge in [-0.25, -0.2) is 9.59 Å². The van der Waals surface area contributed by atoms with Crippen molar-refractivity contribution in [1.29, 1.82) is 0 Å². The maximum atomic E-state index is 12.6. The Morgan fingerprint density at radius 1 is 0.750 bits per heavy atom. The Morgan fingerprint density at radius 2 is 1.23 bits per heavy atom. The summed E-state index contributed by atoms with van der Waals surface area (Å²) in [4.78, 5) is 36.3. The molecule has 216 valence electrons. The van der Waals surface area contributed by atoms with Crippen molar-refractivity contribution in [2.24, 2.45) is 0 Å². The molecule has 0 saturated heterocycles. The van der Waals surface area contributed by atoms with Gasteiger partial charge in [0.1, 0.15) is 24.4 Å². The number of carbonyl (C=O) groups is 3. The second-order valence-electron chi connectivity index (χ2n) is 9.15. The molecule has 2 aromatic rings. The van der Waals surface area contributed by atoms with Crippen molar-refractivity contribution >= 4 is 17.9 Å². The van der Waals surface area contributed by atoms with Crippen molar-refractivity contribution in [2.75, 3.05) is 7.11 Å². The average Bonchev–Trinajstić information content (AvgIpc) is 2.93. The van der Waals surface area contributed by atoms with Gasteiger partial charge in [-0.1, -0.05) is 60.7 Å². The van der Waals surface area contributed by atoms with E-state index in [-0.39, 0.29) is 19.6 Å². The Hall–Kier alpha value is -3.79. The molecule has 1 N–H and O–H groups in total. The van der Waals surface area contributed by atoms with Gasteiger partial charge in [-0.05, 0) is 44.1 Å². The van der Waals surface area contributed by atoms with Crippen molar-refractivity contribution in [3.05, 3.63) is 96.1 Å². The Labute approximate surface area is 235 Å². The fraction of sp³-hybridized carbons (Fsp3) is 0.387. The minimum absolute atomic E-state index is 0.0765. The van der Waals surface area contributed by atoms with Crippen LogP contribution in [0.1, 0.15) is 38.3 Å². The molecule has 40 heavy (non-hydrogen) atoms. The third kappa shape index (κ3) is 12.8. The smallest absolute Gasteiger partial charge is 0.330 e. The van der Waals surface area contributed by atoms with Crippen molar-refractivity contribution < 1.29 is 43.2 Å². The van der Waals surface area contributed by atoms with Crippen molar-refractivity contribution in [1.82, 2.24) is 0 Å². The Morgan fingerprint density at radius 3 is 1.73 bits per heavy atom.